The number of likely N-dealkylation sites (N-methyl/N-ethyl adjacent to an activating group) is 1. The highest BCUT2D eigenvalue weighted by atomic mass is 33.1. The van der Waals surface area contributed by atoms with Gasteiger partial charge in [-0.05, 0) is 91.7 Å². The fourth-order valence-electron chi connectivity index (χ4n) is 9.92. The molecule has 10 atom stereocenters. The highest BCUT2D eigenvalue weighted by Gasteiger charge is 2.39. The summed E-state index contributed by atoms with van der Waals surface area (Å²) in [6.07, 6.45) is -2.13. The maximum absolute atomic E-state index is 15.3. The van der Waals surface area contributed by atoms with E-state index in [9.17, 15) is 48.9 Å². The van der Waals surface area contributed by atoms with Crippen molar-refractivity contribution < 1.29 is 63.3 Å². The van der Waals surface area contributed by atoms with E-state index < -0.39 is 120 Å². The first-order valence-corrected chi connectivity index (χ1v) is 31.9. The molecule has 7 rings (SSSR count). The number of nitrogens with two attached hydrogens (primary N) is 2. The molecule has 1 saturated heterocycles. The number of fused-ring (bicyclic) bond motifs is 1. The van der Waals surface area contributed by atoms with E-state index in [2.05, 4.69) is 47.5 Å². The van der Waals surface area contributed by atoms with Crippen molar-refractivity contribution in [3.05, 3.63) is 174 Å². The van der Waals surface area contributed by atoms with Crippen LogP contribution in [0, 0.1) is 0 Å². The van der Waals surface area contributed by atoms with Crippen LogP contribution in [0.2, 0.25) is 0 Å². The van der Waals surface area contributed by atoms with Gasteiger partial charge < -0.3 is 79.2 Å². The van der Waals surface area contributed by atoms with Crippen LogP contribution in [0.5, 0.6) is 5.75 Å². The highest BCUT2D eigenvalue weighted by Crippen LogP contribution is 2.25. The molecule has 2 heterocycles. The molecular formula is C64H76N12O13S2. The van der Waals surface area contributed by atoms with Crippen LogP contribution in [0.1, 0.15) is 58.8 Å². The van der Waals surface area contributed by atoms with Crippen molar-refractivity contribution >= 4 is 91.6 Å². The number of para-hydroxylation sites is 1. The van der Waals surface area contributed by atoms with Gasteiger partial charge >= 0.3 is 5.97 Å². The van der Waals surface area contributed by atoms with Gasteiger partial charge in [-0.1, -0.05) is 131 Å². The Morgan fingerprint density at radius 2 is 1.13 bits per heavy atom. The summed E-state index contributed by atoms with van der Waals surface area (Å²) in [6, 6.07) is 25.4. The summed E-state index contributed by atoms with van der Waals surface area (Å²) >= 11 is 0. The number of aliphatic hydroxyl groups is 1. The number of aliphatic hydroxyl groups excluding tert-OH is 1. The number of H-pyrrole nitrogens is 1. The van der Waals surface area contributed by atoms with E-state index in [1.54, 1.807) is 121 Å². The van der Waals surface area contributed by atoms with Gasteiger partial charge in [-0.15, -0.1) is 0 Å². The number of unbranched alkanes of at least 4 members (excludes halogenated alkanes) is 1. The molecule has 1 aliphatic rings. The van der Waals surface area contributed by atoms with E-state index >= 15 is 14.4 Å². The van der Waals surface area contributed by atoms with Crippen molar-refractivity contribution in [3.8, 4) is 5.75 Å². The number of phenolic OH excluding ortho intramolecular Hbond substituents is 1. The molecule has 25 nitrogen and oxygen atoms in total. The predicted molar refractivity (Wildman–Crippen MR) is 343 cm³/mol. The Morgan fingerprint density at radius 1 is 0.604 bits per heavy atom. The van der Waals surface area contributed by atoms with Gasteiger partial charge in [0.2, 0.25) is 41.4 Å². The third kappa shape index (κ3) is 20.4. The van der Waals surface area contributed by atoms with Gasteiger partial charge in [-0.2, -0.15) is 0 Å². The smallest absolute Gasteiger partial charge is 0.327 e. The van der Waals surface area contributed by atoms with Gasteiger partial charge in [0.05, 0.1) is 12.1 Å². The Balaban J connectivity index is 1.32. The van der Waals surface area contributed by atoms with Crippen LogP contribution in [-0.2, 0) is 68.8 Å². The minimum atomic E-state index is -1.95. The van der Waals surface area contributed by atoms with Crippen LogP contribution in [0.15, 0.2) is 146 Å². The Labute approximate surface area is 533 Å². The number of amides is 9. The summed E-state index contributed by atoms with van der Waals surface area (Å²) in [5, 5.41) is 53.2. The molecule has 0 radical (unpaired) electrons. The molecule has 0 unspecified atom stereocenters. The third-order valence-electron chi connectivity index (χ3n) is 15.0. The maximum Gasteiger partial charge on any atom is 0.327 e. The average molecular weight is 1290 g/mol. The van der Waals surface area contributed by atoms with Crippen molar-refractivity contribution in [3.63, 3.8) is 0 Å². The molecule has 5 aromatic carbocycles. The number of hydrogen-bond acceptors (Lipinski definition) is 16. The Kier molecular flexibility index (Phi) is 25.9. The number of benzene rings is 5. The van der Waals surface area contributed by atoms with Crippen LogP contribution in [-0.4, -0.2) is 170 Å². The number of nitrogens with zero attached hydrogens (tertiary/aromatic N) is 1. The molecule has 1 aliphatic heterocycles. The highest BCUT2D eigenvalue weighted by molar-refractivity contribution is 8.76. The standard InChI is InChI=1S/C64H76N12O13S2/c1-37(77)53-61(85)70-48(31-38-16-6-3-7-17-38)57(81)73-52(64(88)89)36-91-90-35-51(72-55(79)45(66)30-40-25-27-43(78)28-26-40)60(84)69-49(32-39-18-8-4-9-19-39)59(83)75-54(76(2)63(87)41-20-10-5-11-21-41)62(86)71-50(33-42-34-67-46-23-13-12-22-44(42)46)58(82)68-47(56(80)74-53)24-14-15-29-65/h3-13,16-23,25-28,34,37,45,47-54,67,77-78H,14-15,24,29-33,35-36,65-66H2,1-2H3,(H,68,82)(H,69,84)(H,70,85)(H,71,86)(H,72,79)(H,73,81)(H,74,80)(H,75,83)(H,88,89)/t37-,45+,47+,48+,49+,50+,51+,52+,53-,54-/m1/s1. The molecule has 482 valence electrons. The number of aromatic amines is 1. The number of aliphatic carboxylic acids is 1. The number of rotatable bonds is 18. The van der Waals surface area contributed by atoms with Crippen molar-refractivity contribution in [1.29, 1.82) is 0 Å². The molecular weight excluding hydrogens is 1210 g/mol. The molecule has 27 heteroatoms. The van der Waals surface area contributed by atoms with Crippen LogP contribution in [0.25, 0.3) is 10.9 Å². The third-order valence-corrected chi connectivity index (χ3v) is 17.4. The Morgan fingerprint density at radius 3 is 1.75 bits per heavy atom. The normalized spacial score (nSPS) is 21.9. The number of carboxylic acids is 1. The predicted octanol–water partition coefficient (Wildman–Crippen LogP) is 1.07. The van der Waals surface area contributed by atoms with Crippen LogP contribution >= 0.6 is 21.6 Å². The van der Waals surface area contributed by atoms with Crippen LogP contribution < -0.4 is 54.0 Å². The van der Waals surface area contributed by atoms with E-state index in [1.807, 2.05) is 0 Å². The number of carbonyl (C=O) groups excluding carboxylic acids is 9. The monoisotopic (exact) mass is 1280 g/mol. The fraction of sp³-hybridized carbons (Fsp3) is 0.344. The summed E-state index contributed by atoms with van der Waals surface area (Å²) in [5.41, 5.74) is 15.2. The number of aromatic hydroxyl groups is 1. The second-order valence-electron chi connectivity index (χ2n) is 21.9. The van der Waals surface area contributed by atoms with Gasteiger partial charge in [0.1, 0.15) is 48.0 Å². The first kappa shape index (κ1) is 69.2. The molecule has 6 aromatic rings. The van der Waals surface area contributed by atoms with Crippen molar-refractivity contribution in [2.24, 2.45) is 11.5 Å². The number of carbonyl (C=O) groups is 10. The maximum atomic E-state index is 15.3. The summed E-state index contributed by atoms with van der Waals surface area (Å²) in [6.45, 7) is 1.41. The number of carboxylic acid groups (broad SMARTS) is 1. The molecule has 0 spiro atoms. The van der Waals surface area contributed by atoms with E-state index in [0.29, 0.717) is 39.6 Å². The quantitative estimate of drug-likeness (QED) is 0.0423. The van der Waals surface area contributed by atoms with E-state index in [0.717, 1.165) is 26.5 Å². The lowest BCUT2D eigenvalue weighted by atomic mass is 10.0. The zero-order valence-corrected chi connectivity index (χ0v) is 51.7. The van der Waals surface area contributed by atoms with Crippen molar-refractivity contribution in [2.45, 2.75) is 112 Å². The lowest BCUT2D eigenvalue weighted by molar-refractivity contribution is -0.141. The molecule has 0 aliphatic carbocycles. The summed E-state index contributed by atoms with van der Waals surface area (Å²) < 4.78 is 0. The molecule has 0 saturated carbocycles. The molecule has 0 bridgehead atoms. The molecule has 1 aromatic heterocycles. The van der Waals surface area contributed by atoms with E-state index in [1.165, 1.54) is 38.2 Å². The largest absolute Gasteiger partial charge is 0.508 e. The molecule has 9 amide bonds. The minimum absolute atomic E-state index is 0.0269. The number of phenols is 1. The lowest BCUT2D eigenvalue weighted by Crippen LogP contribution is -2.64. The first-order chi connectivity index (χ1) is 43.7. The number of aromatic nitrogens is 1. The van der Waals surface area contributed by atoms with Gasteiger partial charge in [0, 0.05) is 60.5 Å². The zero-order valence-electron chi connectivity index (χ0n) is 50.0. The van der Waals surface area contributed by atoms with Crippen molar-refractivity contribution in [2.75, 3.05) is 25.1 Å². The van der Waals surface area contributed by atoms with E-state index in [4.69, 9.17) is 11.5 Å². The zero-order chi connectivity index (χ0) is 65.6. The average Bonchev–Trinajstić information content (AvgIpc) is 2.17. The van der Waals surface area contributed by atoms with Crippen molar-refractivity contribution in [1.82, 2.24) is 52.4 Å². The molecule has 16 N–H and O–H groups in total. The van der Waals surface area contributed by atoms with E-state index in [-0.39, 0.29) is 67.9 Å². The Hall–Kier alpha value is -9.28. The summed E-state index contributed by atoms with van der Waals surface area (Å²) in [7, 11) is 3.06. The minimum Gasteiger partial charge on any atom is -0.508 e. The fourth-order valence-corrected chi connectivity index (χ4v) is 12.2. The van der Waals surface area contributed by atoms with Crippen LogP contribution in [0.4, 0.5) is 0 Å². The van der Waals surface area contributed by atoms with Gasteiger partial charge in [0.25, 0.3) is 11.8 Å². The number of hydrogen-bond donors (Lipinski definition) is 14. The number of nitrogens with one attached hydrogen (secondary N) is 9. The topological polar surface area (TPSA) is 399 Å². The lowest BCUT2D eigenvalue weighted by Gasteiger charge is -2.32. The van der Waals surface area contributed by atoms with Crippen LogP contribution in [0.3, 0.4) is 0 Å². The summed E-state index contributed by atoms with van der Waals surface area (Å²) in [4.78, 5) is 149. The van der Waals surface area contributed by atoms with Gasteiger partial charge in [0.15, 0.2) is 6.17 Å². The molecule has 91 heavy (non-hydrogen) atoms. The molecule has 1 fully saturated rings. The second kappa shape index (κ2) is 34.1. The first-order valence-electron chi connectivity index (χ1n) is 29.5. The second-order valence-corrected chi connectivity index (χ2v) is 24.5. The Bertz CT molecular complexity index is 3480. The SMILES string of the molecule is C[C@@H](O)[C@H]1NC(=O)[C@H](CCCCN)NC(=O)[C@H](Cc2c[nH]c3ccccc23)NC(=O)[C@@H](N(C)C(=O)c2ccccc2)NC(=O)[C@H](Cc2ccccc2)NC(=O)[C@@H](NC(=O)[C@@H](N)Cc2ccc(O)cc2)CSSC[C@@H](C(=O)O)NC(=O)[C@H](Cc2ccccc2)NC1=O. The summed E-state index contributed by atoms with van der Waals surface area (Å²) in [5.74, 6) is -10.7. The van der Waals surface area contributed by atoms with Gasteiger partial charge in [-0.25, -0.2) is 4.79 Å². The van der Waals surface area contributed by atoms with Gasteiger partial charge in [-0.3, -0.25) is 43.2 Å².